The third-order valence-electron chi connectivity index (χ3n) is 2.15. The number of ether oxygens (including phenoxy) is 1. The highest BCUT2D eigenvalue weighted by atomic mass is 79.9. The number of benzene rings is 1. The predicted octanol–water partition coefficient (Wildman–Crippen LogP) is 2.97. The van der Waals surface area contributed by atoms with Crippen molar-refractivity contribution in [1.82, 2.24) is 9.97 Å². The fraction of sp³-hybridized carbons (Fsp3) is 0.167. The van der Waals surface area contributed by atoms with Gasteiger partial charge in [-0.05, 0) is 47.1 Å². The van der Waals surface area contributed by atoms with Crippen LogP contribution < -0.4 is 4.74 Å². The van der Waals surface area contributed by atoms with Crippen molar-refractivity contribution in [3.05, 3.63) is 45.9 Å². The molecule has 1 aromatic carbocycles. The van der Waals surface area contributed by atoms with Crippen molar-refractivity contribution < 1.29 is 14.2 Å². The van der Waals surface area contributed by atoms with Crippen LogP contribution in [0.25, 0.3) is 0 Å². The van der Waals surface area contributed by atoms with Gasteiger partial charge in [0.1, 0.15) is 11.6 Å². The number of hydrogen-bond donors (Lipinski definition) is 1. The van der Waals surface area contributed by atoms with Crippen LogP contribution in [0.3, 0.4) is 0 Å². The van der Waals surface area contributed by atoms with E-state index in [2.05, 4.69) is 25.9 Å². The first-order valence-electron chi connectivity index (χ1n) is 5.17. The molecule has 0 aliphatic heterocycles. The van der Waals surface area contributed by atoms with Crippen LogP contribution >= 0.6 is 15.9 Å². The van der Waals surface area contributed by atoms with Crippen LogP contribution in [0.2, 0.25) is 0 Å². The maximum Gasteiger partial charge on any atom is 0.322 e. The molecule has 0 amide bonds. The molecule has 0 aliphatic rings. The second-order valence-electron chi connectivity index (χ2n) is 3.62. The molecule has 0 bridgehead atoms. The molecule has 0 saturated carbocycles. The Labute approximate surface area is 112 Å². The molecule has 94 valence electrons. The monoisotopic (exact) mass is 312 g/mol. The summed E-state index contributed by atoms with van der Waals surface area (Å²) in [6, 6.07) is 6.03. The molecule has 2 aromatic rings. The molecule has 4 nitrogen and oxygen atoms in total. The minimum Gasteiger partial charge on any atom is -0.424 e. The SMILES string of the molecule is Cc1cc(CO)nc(Oc2ccc(F)c(Br)c2)n1. The van der Waals surface area contributed by atoms with Gasteiger partial charge in [-0.15, -0.1) is 0 Å². The molecule has 1 heterocycles. The molecule has 0 radical (unpaired) electrons. The third kappa shape index (κ3) is 3.02. The van der Waals surface area contributed by atoms with E-state index in [4.69, 9.17) is 9.84 Å². The number of aryl methyl sites for hydroxylation is 1. The minimum absolute atomic E-state index is 0.123. The van der Waals surface area contributed by atoms with Crippen molar-refractivity contribution in [2.75, 3.05) is 0 Å². The number of aromatic nitrogens is 2. The summed E-state index contributed by atoms with van der Waals surface area (Å²) in [6.07, 6.45) is 0. The van der Waals surface area contributed by atoms with Crippen LogP contribution in [-0.2, 0) is 6.61 Å². The average molecular weight is 313 g/mol. The van der Waals surface area contributed by atoms with Gasteiger partial charge in [0.2, 0.25) is 0 Å². The highest BCUT2D eigenvalue weighted by Gasteiger charge is 2.06. The smallest absolute Gasteiger partial charge is 0.322 e. The number of rotatable bonds is 3. The summed E-state index contributed by atoms with van der Waals surface area (Å²) < 4.78 is 18.8. The van der Waals surface area contributed by atoms with Crippen LogP contribution in [-0.4, -0.2) is 15.1 Å². The quantitative estimate of drug-likeness (QED) is 0.946. The van der Waals surface area contributed by atoms with Gasteiger partial charge >= 0.3 is 6.01 Å². The van der Waals surface area contributed by atoms with Gasteiger partial charge in [0.05, 0.1) is 16.8 Å². The zero-order valence-electron chi connectivity index (χ0n) is 9.52. The number of aliphatic hydroxyl groups excluding tert-OH is 1. The Hall–Kier alpha value is -1.53. The summed E-state index contributed by atoms with van der Waals surface area (Å²) in [4.78, 5) is 8.08. The zero-order chi connectivity index (χ0) is 13.1. The summed E-state index contributed by atoms with van der Waals surface area (Å²) in [7, 11) is 0. The second kappa shape index (κ2) is 5.41. The molecule has 0 saturated heterocycles. The first-order chi connectivity index (χ1) is 8.58. The van der Waals surface area contributed by atoms with Crippen LogP contribution in [0.5, 0.6) is 11.8 Å². The highest BCUT2D eigenvalue weighted by Crippen LogP contribution is 2.24. The van der Waals surface area contributed by atoms with Gasteiger partial charge < -0.3 is 9.84 Å². The Bertz CT molecular complexity index is 578. The maximum atomic E-state index is 13.1. The van der Waals surface area contributed by atoms with Gasteiger partial charge in [-0.1, -0.05) is 0 Å². The van der Waals surface area contributed by atoms with Crippen LogP contribution in [0.15, 0.2) is 28.7 Å². The highest BCUT2D eigenvalue weighted by molar-refractivity contribution is 9.10. The molecule has 1 N–H and O–H groups in total. The van der Waals surface area contributed by atoms with Crippen molar-refractivity contribution in [2.45, 2.75) is 13.5 Å². The van der Waals surface area contributed by atoms with Gasteiger partial charge in [0.25, 0.3) is 0 Å². The first-order valence-corrected chi connectivity index (χ1v) is 5.96. The van der Waals surface area contributed by atoms with E-state index in [1.54, 1.807) is 13.0 Å². The minimum atomic E-state index is -0.372. The van der Waals surface area contributed by atoms with E-state index in [1.165, 1.54) is 18.2 Å². The lowest BCUT2D eigenvalue weighted by molar-refractivity contribution is 0.274. The Morgan fingerprint density at radius 1 is 1.33 bits per heavy atom. The van der Waals surface area contributed by atoms with E-state index in [9.17, 15) is 4.39 Å². The number of aliphatic hydroxyl groups is 1. The maximum absolute atomic E-state index is 13.1. The van der Waals surface area contributed by atoms with E-state index in [0.717, 1.165) is 0 Å². The zero-order valence-corrected chi connectivity index (χ0v) is 11.1. The molecule has 1 aromatic heterocycles. The third-order valence-corrected chi connectivity index (χ3v) is 2.76. The largest absolute Gasteiger partial charge is 0.424 e. The summed E-state index contributed by atoms with van der Waals surface area (Å²) in [5.41, 5.74) is 1.16. The number of hydrogen-bond acceptors (Lipinski definition) is 4. The Kier molecular flexibility index (Phi) is 3.88. The average Bonchev–Trinajstić information content (AvgIpc) is 2.33. The van der Waals surface area contributed by atoms with Gasteiger partial charge in [-0.2, -0.15) is 4.98 Å². The standard InChI is InChI=1S/C12H10BrFN2O2/c1-7-4-8(6-17)16-12(15-7)18-9-2-3-11(14)10(13)5-9/h2-5,17H,6H2,1H3. The fourth-order valence-electron chi connectivity index (χ4n) is 1.38. The van der Waals surface area contributed by atoms with Gasteiger partial charge in [-0.25, -0.2) is 9.37 Å². The second-order valence-corrected chi connectivity index (χ2v) is 4.47. The lowest BCUT2D eigenvalue weighted by atomic mass is 10.3. The van der Waals surface area contributed by atoms with Crippen molar-refractivity contribution in [1.29, 1.82) is 0 Å². The van der Waals surface area contributed by atoms with E-state index < -0.39 is 0 Å². The van der Waals surface area contributed by atoms with E-state index in [0.29, 0.717) is 21.6 Å². The molecule has 0 unspecified atom stereocenters. The lowest BCUT2D eigenvalue weighted by Gasteiger charge is -2.06. The van der Waals surface area contributed by atoms with Crippen LogP contribution in [0.1, 0.15) is 11.4 Å². The van der Waals surface area contributed by atoms with Crippen LogP contribution in [0, 0.1) is 12.7 Å². The van der Waals surface area contributed by atoms with E-state index in [1.807, 2.05) is 0 Å². The molecular formula is C12H10BrFN2O2. The van der Waals surface area contributed by atoms with Gasteiger partial charge in [-0.3, -0.25) is 0 Å². The molecule has 6 heteroatoms. The Balaban J connectivity index is 2.27. The van der Waals surface area contributed by atoms with Crippen molar-refractivity contribution in [3.8, 4) is 11.8 Å². The summed E-state index contributed by atoms with van der Waals surface area (Å²) in [5, 5.41) is 9.03. The molecular weight excluding hydrogens is 303 g/mol. The number of halogens is 2. The van der Waals surface area contributed by atoms with Crippen molar-refractivity contribution in [2.24, 2.45) is 0 Å². The fourth-order valence-corrected chi connectivity index (χ4v) is 1.73. The molecule has 18 heavy (non-hydrogen) atoms. The van der Waals surface area contributed by atoms with Gasteiger partial charge in [0, 0.05) is 5.69 Å². The molecule has 2 rings (SSSR count). The first kappa shape index (κ1) is 12.9. The van der Waals surface area contributed by atoms with Crippen molar-refractivity contribution >= 4 is 15.9 Å². The summed E-state index contributed by atoms with van der Waals surface area (Å²) >= 11 is 3.07. The van der Waals surface area contributed by atoms with E-state index >= 15 is 0 Å². The van der Waals surface area contributed by atoms with E-state index in [-0.39, 0.29) is 18.4 Å². The summed E-state index contributed by atoms with van der Waals surface area (Å²) in [6.45, 7) is 1.58. The summed E-state index contributed by atoms with van der Waals surface area (Å²) in [5.74, 6) is 0.0429. The molecule has 0 atom stereocenters. The molecule has 0 spiro atoms. The molecule has 0 aliphatic carbocycles. The lowest BCUT2D eigenvalue weighted by Crippen LogP contribution is -1.98. The number of nitrogens with zero attached hydrogens (tertiary/aromatic N) is 2. The normalized spacial score (nSPS) is 10.4. The predicted molar refractivity (Wildman–Crippen MR) is 66.9 cm³/mol. The van der Waals surface area contributed by atoms with Crippen LogP contribution in [0.4, 0.5) is 4.39 Å². The Morgan fingerprint density at radius 3 is 2.78 bits per heavy atom. The van der Waals surface area contributed by atoms with Gasteiger partial charge in [0.15, 0.2) is 0 Å². The molecule has 0 fully saturated rings. The Morgan fingerprint density at radius 2 is 2.11 bits per heavy atom. The topological polar surface area (TPSA) is 55.2 Å². The van der Waals surface area contributed by atoms with Crippen molar-refractivity contribution in [3.63, 3.8) is 0 Å².